The lowest BCUT2D eigenvalue weighted by molar-refractivity contribution is 0.283. The summed E-state index contributed by atoms with van der Waals surface area (Å²) in [5.74, 6) is 1.78. The number of ether oxygens (including phenoxy) is 1. The molecule has 154 valence electrons. The zero-order chi connectivity index (χ0) is 18.6. The highest BCUT2D eigenvalue weighted by Crippen LogP contribution is 2.10. The maximum Gasteiger partial charge on any atom is 0.191 e. The van der Waals surface area contributed by atoms with E-state index in [1.165, 1.54) is 25.1 Å². The van der Waals surface area contributed by atoms with Crippen LogP contribution in [-0.2, 0) is 0 Å². The number of likely N-dealkylation sites (N-methyl/N-ethyl adjacent to an activating group) is 1. The van der Waals surface area contributed by atoms with Gasteiger partial charge >= 0.3 is 0 Å². The number of halogens is 1. The van der Waals surface area contributed by atoms with Crippen molar-refractivity contribution in [3.63, 3.8) is 0 Å². The highest BCUT2D eigenvalue weighted by Gasteiger charge is 2.11. The molecular formula is C20H36IN5O. The maximum absolute atomic E-state index is 5.75. The van der Waals surface area contributed by atoms with Crippen LogP contribution in [0.1, 0.15) is 18.9 Å². The predicted molar refractivity (Wildman–Crippen MR) is 125 cm³/mol. The lowest BCUT2D eigenvalue weighted by Gasteiger charge is -2.19. The number of aryl methyl sites for hydroxylation is 1. The average molecular weight is 489 g/mol. The van der Waals surface area contributed by atoms with Gasteiger partial charge in [0.25, 0.3) is 0 Å². The molecule has 7 heteroatoms. The lowest BCUT2D eigenvalue weighted by Crippen LogP contribution is -2.40. The molecule has 1 fully saturated rings. The van der Waals surface area contributed by atoms with Gasteiger partial charge < -0.3 is 25.2 Å². The molecule has 0 aromatic heterocycles. The van der Waals surface area contributed by atoms with Crippen molar-refractivity contribution in [3.05, 3.63) is 29.8 Å². The smallest absolute Gasteiger partial charge is 0.191 e. The fourth-order valence-electron chi connectivity index (χ4n) is 2.94. The van der Waals surface area contributed by atoms with E-state index in [9.17, 15) is 0 Å². The van der Waals surface area contributed by atoms with Gasteiger partial charge in [-0.3, -0.25) is 4.99 Å². The number of hydrogen-bond donors (Lipinski definition) is 2. The monoisotopic (exact) mass is 489 g/mol. The molecule has 1 aliphatic heterocycles. The standard InChI is InChI=1S/C20H35N5O.HI/c1-4-21-20(22-10-14-25-13-5-12-24(3)15-16-25)23-11-17-26-19-8-6-18(2)7-9-19;/h6-9H,4-5,10-17H2,1-3H3,(H2,21,22,23);1H. The van der Waals surface area contributed by atoms with Crippen LogP contribution in [0.5, 0.6) is 5.75 Å². The molecule has 1 aromatic rings. The van der Waals surface area contributed by atoms with Crippen LogP contribution < -0.4 is 15.4 Å². The first kappa shape index (κ1) is 24.0. The number of guanidine groups is 1. The average Bonchev–Trinajstić information content (AvgIpc) is 2.84. The molecule has 0 saturated carbocycles. The van der Waals surface area contributed by atoms with E-state index in [2.05, 4.69) is 53.5 Å². The van der Waals surface area contributed by atoms with Gasteiger partial charge in [-0.05, 0) is 52.5 Å². The molecule has 0 amide bonds. The first-order valence-corrected chi connectivity index (χ1v) is 9.80. The van der Waals surface area contributed by atoms with Crippen LogP contribution in [0.4, 0.5) is 0 Å². The van der Waals surface area contributed by atoms with Crippen molar-refractivity contribution in [2.24, 2.45) is 4.99 Å². The van der Waals surface area contributed by atoms with Crippen LogP contribution in [0.15, 0.2) is 29.3 Å². The van der Waals surface area contributed by atoms with E-state index in [0.29, 0.717) is 6.61 Å². The Kier molecular flexibility index (Phi) is 12.4. The highest BCUT2D eigenvalue weighted by molar-refractivity contribution is 14.0. The lowest BCUT2D eigenvalue weighted by atomic mass is 10.2. The molecule has 6 nitrogen and oxygen atoms in total. The zero-order valence-corrected chi connectivity index (χ0v) is 19.4. The Balaban J connectivity index is 0.00000364. The van der Waals surface area contributed by atoms with E-state index < -0.39 is 0 Å². The van der Waals surface area contributed by atoms with Crippen molar-refractivity contribution in [2.45, 2.75) is 20.3 Å². The van der Waals surface area contributed by atoms with Gasteiger partial charge in [0.2, 0.25) is 0 Å². The Hall–Kier alpha value is -1.06. The minimum Gasteiger partial charge on any atom is -0.492 e. The molecule has 0 aliphatic carbocycles. The van der Waals surface area contributed by atoms with Crippen molar-refractivity contribution in [3.8, 4) is 5.75 Å². The molecule has 27 heavy (non-hydrogen) atoms. The fourth-order valence-corrected chi connectivity index (χ4v) is 2.94. The molecule has 0 bridgehead atoms. The van der Waals surface area contributed by atoms with Gasteiger partial charge in [-0.2, -0.15) is 0 Å². The van der Waals surface area contributed by atoms with Crippen molar-refractivity contribution in [1.82, 2.24) is 20.4 Å². The molecule has 1 heterocycles. The van der Waals surface area contributed by atoms with E-state index in [0.717, 1.165) is 51.0 Å². The van der Waals surface area contributed by atoms with Gasteiger partial charge in [-0.1, -0.05) is 17.7 Å². The van der Waals surface area contributed by atoms with E-state index in [1.807, 2.05) is 12.1 Å². The van der Waals surface area contributed by atoms with Crippen LogP contribution in [-0.4, -0.2) is 81.8 Å². The second-order valence-corrected chi connectivity index (χ2v) is 6.85. The van der Waals surface area contributed by atoms with Crippen molar-refractivity contribution < 1.29 is 4.74 Å². The first-order valence-electron chi connectivity index (χ1n) is 9.80. The zero-order valence-electron chi connectivity index (χ0n) is 17.0. The minimum absolute atomic E-state index is 0. The number of nitrogens with zero attached hydrogens (tertiary/aromatic N) is 3. The van der Waals surface area contributed by atoms with E-state index in [4.69, 9.17) is 9.73 Å². The minimum atomic E-state index is 0. The van der Waals surface area contributed by atoms with Crippen LogP contribution in [0.25, 0.3) is 0 Å². The Morgan fingerprint density at radius 3 is 2.63 bits per heavy atom. The summed E-state index contributed by atoms with van der Waals surface area (Å²) >= 11 is 0. The first-order chi connectivity index (χ1) is 12.7. The summed E-state index contributed by atoms with van der Waals surface area (Å²) in [6, 6.07) is 8.14. The Labute approximate surface area is 181 Å². The van der Waals surface area contributed by atoms with Gasteiger partial charge in [0, 0.05) is 26.2 Å². The van der Waals surface area contributed by atoms with E-state index in [1.54, 1.807) is 0 Å². The molecule has 1 aliphatic rings. The van der Waals surface area contributed by atoms with Gasteiger partial charge in [0.15, 0.2) is 5.96 Å². The van der Waals surface area contributed by atoms with Gasteiger partial charge in [-0.25, -0.2) is 0 Å². The van der Waals surface area contributed by atoms with Crippen molar-refractivity contribution in [2.75, 3.05) is 66.0 Å². The molecule has 0 unspecified atom stereocenters. The molecule has 1 saturated heterocycles. The Bertz CT molecular complexity index is 538. The third kappa shape index (κ3) is 10.2. The number of nitrogens with one attached hydrogen (secondary N) is 2. The van der Waals surface area contributed by atoms with Crippen LogP contribution in [0.2, 0.25) is 0 Å². The second-order valence-electron chi connectivity index (χ2n) is 6.85. The van der Waals surface area contributed by atoms with Crippen LogP contribution in [0.3, 0.4) is 0 Å². The van der Waals surface area contributed by atoms with Gasteiger partial charge in [0.1, 0.15) is 12.4 Å². The largest absolute Gasteiger partial charge is 0.492 e. The van der Waals surface area contributed by atoms with Crippen LogP contribution in [0, 0.1) is 6.92 Å². The number of benzene rings is 1. The quantitative estimate of drug-likeness (QED) is 0.254. The maximum atomic E-state index is 5.75. The van der Waals surface area contributed by atoms with E-state index in [-0.39, 0.29) is 24.0 Å². The summed E-state index contributed by atoms with van der Waals surface area (Å²) < 4.78 is 5.75. The molecule has 0 atom stereocenters. The fraction of sp³-hybridized carbons (Fsp3) is 0.650. The molecule has 0 spiro atoms. The van der Waals surface area contributed by atoms with Crippen molar-refractivity contribution in [1.29, 1.82) is 0 Å². The summed E-state index contributed by atoms with van der Waals surface area (Å²) in [5, 5.41) is 6.65. The second kappa shape index (κ2) is 14.0. The van der Waals surface area contributed by atoms with Crippen molar-refractivity contribution >= 4 is 29.9 Å². The predicted octanol–water partition coefficient (Wildman–Crippen LogP) is 2.18. The summed E-state index contributed by atoms with van der Waals surface area (Å²) in [5.41, 5.74) is 1.24. The molecule has 1 aromatic carbocycles. The Morgan fingerprint density at radius 1 is 1.11 bits per heavy atom. The molecule has 2 rings (SSSR count). The number of hydrogen-bond acceptors (Lipinski definition) is 4. The van der Waals surface area contributed by atoms with Gasteiger partial charge in [0.05, 0.1) is 13.1 Å². The normalized spacial score (nSPS) is 16.3. The third-order valence-corrected chi connectivity index (χ3v) is 4.53. The molecule has 0 radical (unpaired) electrons. The number of rotatable bonds is 8. The molecule has 2 N–H and O–H groups in total. The SMILES string of the molecule is CCNC(=NCCN1CCCN(C)CC1)NCCOc1ccc(C)cc1.I. The third-order valence-electron chi connectivity index (χ3n) is 4.53. The Morgan fingerprint density at radius 2 is 1.89 bits per heavy atom. The molecular weight excluding hydrogens is 453 g/mol. The summed E-state index contributed by atoms with van der Waals surface area (Å²) in [6.07, 6.45) is 1.24. The van der Waals surface area contributed by atoms with E-state index >= 15 is 0 Å². The topological polar surface area (TPSA) is 52.1 Å². The van der Waals surface area contributed by atoms with Crippen LogP contribution >= 0.6 is 24.0 Å². The number of aliphatic imine (C=N–C) groups is 1. The summed E-state index contributed by atoms with van der Waals surface area (Å²) in [6.45, 7) is 12.9. The summed E-state index contributed by atoms with van der Waals surface area (Å²) in [7, 11) is 2.20. The van der Waals surface area contributed by atoms with Gasteiger partial charge in [-0.15, -0.1) is 24.0 Å². The highest BCUT2D eigenvalue weighted by atomic mass is 127. The summed E-state index contributed by atoms with van der Waals surface area (Å²) in [4.78, 5) is 9.61.